The van der Waals surface area contributed by atoms with Crippen LogP contribution < -0.4 is 5.32 Å². The smallest absolute Gasteiger partial charge is 0.303 e. The quantitative estimate of drug-likeness (QED) is 0.284. The Hall–Kier alpha value is -4.14. The number of hydrogen-bond acceptors (Lipinski definition) is 3. The molecule has 3 aromatic carbocycles. The van der Waals surface area contributed by atoms with Crippen molar-refractivity contribution in [2.75, 3.05) is 6.54 Å². The Balaban J connectivity index is 1.74. The second-order valence-electron chi connectivity index (χ2n) is 8.56. The zero-order valence-electron chi connectivity index (χ0n) is 19.8. The summed E-state index contributed by atoms with van der Waals surface area (Å²) in [6.45, 7) is 2.11. The molecule has 0 bridgehead atoms. The van der Waals surface area contributed by atoms with Gasteiger partial charge in [-0.1, -0.05) is 66.1 Å². The molecular weight excluding hydrogens is 472 g/mol. The van der Waals surface area contributed by atoms with Crippen molar-refractivity contribution in [2.45, 2.75) is 25.7 Å². The van der Waals surface area contributed by atoms with Gasteiger partial charge in [0.25, 0.3) is 5.91 Å². The summed E-state index contributed by atoms with van der Waals surface area (Å²) in [5.74, 6) is 1.19. The first-order valence-corrected chi connectivity index (χ1v) is 12.0. The average Bonchev–Trinajstić information content (AvgIpc) is 2.89. The molecule has 0 radical (unpaired) electrons. The third-order valence-corrected chi connectivity index (χ3v) is 6.57. The maximum absolute atomic E-state index is 13.7. The molecule has 1 heterocycles. The number of aromatic nitrogens is 1. The highest BCUT2D eigenvalue weighted by atomic mass is 35.5. The number of carboxylic acid groups (broad SMARTS) is 1. The maximum atomic E-state index is 13.7. The van der Waals surface area contributed by atoms with Crippen LogP contribution in [-0.2, 0) is 4.79 Å². The minimum absolute atomic E-state index is 0.0351. The lowest BCUT2D eigenvalue weighted by atomic mass is 9.93. The molecule has 0 unspecified atom stereocenters. The minimum atomic E-state index is -0.899. The van der Waals surface area contributed by atoms with Gasteiger partial charge in [0.2, 0.25) is 0 Å². The molecule has 0 aliphatic rings. The molecule has 5 nitrogen and oxygen atoms in total. The summed E-state index contributed by atoms with van der Waals surface area (Å²) < 4.78 is 0. The molecule has 0 spiro atoms. The normalized spacial score (nSPS) is 11.6. The summed E-state index contributed by atoms with van der Waals surface area (Å²) in [6.07, 6.45) is 5.93. The fraction of sp³-hybridized carbons (Fsp3) is 0.167. The molecule has 0 aliphatic heterocycles. The van der Waals surface area contributed by atoms with Crippen LogP contribution in [0.4, 0.5) is 0 Å². The Kier molecular flexibility index (Phi) is 7.68. The largest absolute Gasteiger partial charge is 0.481 e. The van der Waals surface area contributed by atoms with Crippen molar-refractivity contribution in [3.63, 3.8) is 0 Å². The number of fused-ring (bicyclic) bond motifs is 1. The Morgan fingerprint density at radius 2 is 1.81 bits per heavy atom. The first kappa shape index (κ1) is 25.0. The third-order valence-electron chi connectivity index (χ3n) is 6.23. The van der Waals surface area contributed by atoms with E-state index in [-0.39, 0.29) is 24.8 Å². The van der Waals surface area contributed by atoms with E-state index in [2.05, 4.69) is 11.2 Å². The molecule has 36 heavy (non-hydrogen) atoms. The molecule has 180 valence electrons. The van der Waals surface area contributed by atoms with Gasteiger partial charge in [0.1, 0.15) is 0 Å². The second kappa shape index (κ2) is 11.1. The molecule has 0 fully saturated rings. The van der Waals surface area contributed by atoms with Crippen molar-refractivity contribution < 1.29 is 14.7 Å². The van der Waals surface area contributed by atoms with Crippen LogP contribution in [-0.4, -0.2) is 28.5 Å². The molecule has 0 aliphatic carbocycles. The fourth-order valence-corrected chi connectivity index (χ4v) is 4.68. The number of pyridine rings is 1. The number of carbonyl (C=O) groups is 2. The molecule has 1 amide bonds. The van der Waals surface area contributed by atoms with Crippen molar-refractivity contribution >= 4 is 34.4 Å². The summed E-state index contributed by atoms with van der Waals surface area (Å²) >= 11 is 6.40. The Labute approximate surface area is 215 Å². The molecule has 1 atom stereocenters. The monoisotopic (exact) mass is 496 g/mol. The summed E-state index contributed by atoms with van der Waals surface area (Å²) in [4.78, 5) is 29.8. The Morgan fingerprint density at radius 3 is 2.50 bits per heavy atom. The van der Waals surface area contributed by atoms with Gasteiger partial charge in [-0.25, -0.2) is 4.98 Å². The number of carbonyl (C=O) groups excluding carboxylic acids is 1. The number of halogens is 1. The standard InChI is InChI=1S/C30H25ClN2O3/c1-3-20-13-15-26-24(17-20)28(19(2)29(33-26)21-9-5-4-6-10-21)30(36)32-18-22(14-16-27(34)35)23-11-7-8-12-25(23)31/h1,4-13,15,17,22H,14,16,18H2,2H3,(H,32,36)(H,34,35)/t22-/m1/s1. The lowest BCUT2D eigenvalue weighted by molar-refractivity contribution is -0.137. The SMILES string of the molecule is C#Cc1ccc2nc(-c3ccccc3)c(C)c(C(=O)NC[C@@H](CCC(=O)O)c3ccccc3Cl)c2c1. The van der Waals surface area contributed by atoms with Gasteiger partial charge >= 0.3 is 5.97 Å². The van der Waals surface area contributed by atoms with Gasteiger partial charge in [0.15, 0.2) is 0 Å². The van der Waals surface area contributed by atoms with E-state index in [1.54, 1.807) is 18.2 Å². The van der Waals surface area contributed by atoms with Crippen LogP contribution in [0.1, 0.15) is 45.8 Å². The highest BCUT2D eigenvalue weighted by Gasteiger charge is 2.22. The second-order valence-corrected chi connectivity index (χ2v) is 8.97. The number of benzene rings is 3. The van der Waals surface area contributed by atoms with Crippen LogP contribution in [0.15, 0.2) is 72.8 Å². The van der Waals surface area contributed by atoms with Crippen LogP contribution in [0, 0.1) is 19.3 Å². The van der Waals surface area contributed by atoms with Crippen LogP contribution in [0.3, 0.4) is 0 Å². The number of nitrogens with zero attached hydrogens (tertiary/aromatic N) is 1. The van der Waals surface area contributed by atoms with E-state index in [1.807, 2.05) is 61.5 Å². The van der Waals surface area contributed by atoms with Gasteiger partial charge in [-0.05, 0) is 48.7 Å². The lowest BCUT2D eigenvalue weighted by Gasteiger charge is -2.20. The number of carboxylic acids is 1. The predicted molar refractivity (Wildman–Crippen MR) is 143 cm³/mol. The molecule has 4 rings (SSSR count). The third kappa shape index (κ3) is 5.40. The van der Waals surface area contributed by atoms with Gasteiger partial charge in [0.05, 0.1) is 16.8 Å². The van der Waals surface area contributed by atoms with E-state index in [4.69, 9.17) is 23.0 Å². The molecule has 4 aromatic rings. The van der Waals surface area contributed by atoms with Gasteiger partial charge < -0.3 is 10.4 Å². The van der Waals surface area contributed by atoms with Crippen LogP contribution >= 0.6 is 11.6 Å². The summed E-state index contributed by atoms with van der Waals surface area (Å²) in [6, 6.07) is 22.4. The number of aliphatic carboxylic acids is 1. The van der Waals surface area contributed by atoms with E-state index in [9.17, 15) is 14.7 Å². The first-order valence-electron chi connectivity index (χ1n) is 11.6. The highest BCUT2D eigenvalue weighted by Crippen LogP contribution is 2.31. The van der Waals surface area contributed by atoms with Crippen molar-refractivity contribution in [2.24, 2.45) is 0 Å². The Morgan fingerprint density at radius 1 is 1.08 bits per heavy atom. The van der Waals surface area contributed by atoms with Gasteiger partial charge in [-0.15, -0.1) is 6.42 Å². The molecule has 6 heteroatoms. The maximum Gasteiger partial charge on any atom is 0.303 e. The molecule has 2 N–H and O–H groups in total. The fourth-order valence-electron chi connectivity index (χ4n) is 4.39. The van der Waals surface area contributed by atoms with Gasteiger partial charge in [0, 0.05) is 40.4 Å². The summed E-state index contributed by atoms with van der Waals surface area (Å²) in [5, 5.41) is 13.5. The molecule has 0 saturated heterocycles. The highest BCUT2D eigenvalue weighted by molar-refractivity contribution is 6.31. The van der Waals surface area contributed by atoms with Crippen molar-refractivity contribution in [1.82, 2.24) is 10.3 Å². The predicted octanol–water partition coefficient (Wildman–Crippen LogP) is 6.22. The van der Waals surface area contributed by atoms with E-state index in [0.29, 0.717) is 33.5 Å². The number of terminal acetylenes is 1. The average molecular weight is 497 g/mol. The zero-order chi connectivity index (χ0) is 25.7. The molecular formula is C30H25ClN2O3. The number of nitrogens with one attached hydrogen (secondary N) is 1. The Bertz CT molecular complexity index is 1480. The van der Waals surface area contributed by atoms with Gasteiger partial charge in [-0.3, -0.25) is 9.59 Å². The van der Waals surface area contributed by atoms with E-state index < -0.39 is 5.97 Å². The van der Waals surface area contributed by atoms with Crippen molar-refractivity contribution in [3.8, 4) is 23.6 Å². The molecule has 1 aromatic heterocycles. The number of amides is 1. The lowest BCUT2D eigenvalue weighted by Crippen LogP contribution is -2.30. The molecule has 0 saturated carbocycles. The van der Waals surface area contributed by atoms with Crippen molar-refractivity contribution in [3.05, 3.63) is 100 Å². The summed E-state index contributed by atoms with van der Waals surface area (Å²) in [7, 11) is 0. The van der Waals surface area contributed by atoms with E-state index >= 15 is 0 Å². The minimum Gasteiger partial charge on any atom is -0.481 e. The van der Waals surface area contributed by atoms with Crippen molar-refractivity contribution in [1.29, 1.82) is 0 Å². The topological polar surface area (TPSA) is 79.3 Å². The van der Waals surface area contributed by atoms with Crippen LogP contribution in [0.5, 0.6) is 0 Å². The van der Waals surface area contributed by atoms with Crippen LogP contribution in [0.2, 0.25) is 5.02 Å². The number of hydrogen-bond donors (Lipinski definition) is 2. The van der Waals surface area contributed by atoms with Crippen LogP contribution in [0.25, 0.3) is 22.2 Å². The van der Waals surface area contributed by atoms with Gasteiger partial charge in [-0.2, -0.15) is 0 Å². The van der Waals surface area contributed by atoms with E-state index in [0.717, 1.165) is 22.4 Å². The zero-order valence-corrected chi connectivity index (χ0v) is 20.5. The summed E-state index contributed by atoms with van der Waals surface area (Å²) in [5.41, 5.74) is 4.97. The van der Waals surface area contributed by atoms with E-state index in [1.165, 1.54) is 0 Å². The number of rotatable bonds is 8. The first-order chi connectivity index (χ1) is 17.4.